The number of methoxy groups -OCH3 is 1. The van der Waals surface area contributed by atoms with Gasteiger partial charge < -0.3 is 10.1 Å². The molecule has 0 unspecified atom stereocenters. The van der Waals surface area contributed by atoms with E-state index in [9.17, 15) is 4.79 Å². The molecule has 1 N–H and O–H groups in total. The molecule has 0 aliphatic rings. The molecular formula is C16H14N2O2S2. The molecule has 112 valence electrons. The highest BCUT2D eigenvalue weighted by atomic mass is 32.1. The Hall–Kier alpha value is -2.18. The van der Waals surface area contributed by atoms with Crippen molar-refractivity contribution in [2.75, 3.05) is 12.4 Å². The third kappa shape index (κ3) is 3.18. The van der Waals surface area contributed by atoms with Crippen LogP contribution in [0.25, 0.3) is 9.88 Å². The topological polar surface area (TPSA) is 51.2 Å². The summed E-state index contributed by atoms with van der Waals surface area (Å²) in [5.74, 6) is 0.544. The van der Waals surface area contributed by atoms with Gasteiger partial charge in [0.05, 0.1) is 12.0 Å². The molecule has 4 nitrogen and oxygen atoms in total. The number of thiazole rings is 1. The van der Waals surface area contributed by atoms with Crippen LogP contribution in [0.15, 0.2) is 41.8 Å². The molecule has 6 heteroatoms. The number of carbonyl (C=O) groups is 1. The summed E-state index contributed by atoms with van der Waals surface area (Å²) in [5, 5.41) is 5.49. The summed E-state index contributed by atoms with van der Waals surface area (Å²) in [6, 6.07) is 11.3. The van der Waals surface area contributed by atoms with Crippen LogP contribution in [-0.2, 0) is 0 Å². The maximum Gasteiger partial charge on any atom is 0.275 e. The monoisotopic (exact) mass is 330 g/mol. The summed E-state index contributed by atoms with van der Waals surface area (Å²) in [7, 11) is 1.61. The largest absolute Gasteiger partial charge is 0.497 e. The van der Waals surface area contributed by atoms with E-state index in [1.54, 1.807) is 48.1 Å². The van der Waals surface area contributed by atoms with E-state index in [1.165, 1.54) is 16.2 Å². The van der Waals surface area contributed by atoms with Crippen LogP contribution < -0.4 is 10.1 Å². The van der Waals surface area contributed by atoms with Gasteiger partial charge >= 0.3 is 0 Å². The van der Waals surface area contributed by atoms with Gasteiger partial charge in [0.15, 0.2) is 0 Å². The van der Waals surface area contributed by atoms with Gasteiger partial charge in [0.2, 0.25) is 0 Å². The van der Waals surface area contributed by atoms with Crippen LogP contribution in [-0.4, -0.2) is 18.0 Å². The minimum atomic E-state index is -0.207. The Kier molecular flexibility index (Phi) is 4.22. The van der Waals surface area contributed by atoms with Crippen molar-refractivity contribution in [1.29, 1.82) is 0 Å². The number of aromatic nitrogens is 1. The Balaban J connectivity index is 1.73. The Morgan fingerprint density at radius 1 is 1.18 bits per heavy atom. The maximum absolute atomic E-state index is 12.2. The van der Waals surface area contributed by atoms with E-state index < -0.39 is 0 Å². The van der Waals surface area contributed by atoms with Crippen molar-refractivity contribution in [1.82, 2.24) is 4.98 Å². The molecule has 2 heterocycles. The first-order valence-corrected chi connectivity index (χ1v) is 8.33. The van der Waals surface area contributed by atoms with E-state index in [4.69, 9.17) is 4.74 Å². The lowest BCUT2D eigenvalue weighted by Gasteiger charge is -2.04. The van der Waals surface area contributed by atoms with Gasteiger partial charge in [-0.15, -0.1) is 22.7 Å². The molecule has 0 atom stereocenters. The molecule has 2 aromatic heterocycles. The highest BCUT2D eigenvalue weighted by molar-refractivity contribution is 7.21. The molecule has 22 heavy (non-hydrogen) atoms. The van der Waals surface area contributed by atoms with E-state index in [-0.39, 0.29) is 5.91 Å². The molecule has 0 aliphatic heterocycles. The fourth-order valence-corrected chi connectivity index (χ4v) is 3.65. The first-order chi connectivity index (χ1) is 10.7. The Morgan fingerprint density at radius 3 is 2.59 bits per heavy atom. The number of nitrogens with one attached hydrogen (secondary N) is 1. The summed E-state index contributed by atoms with van der Waals surface area (Å²) in [6.45, 7) is 2.05. The maximum atomic E-state index is 12.2. The lowest BCUT2D eigenvalue weighted by Crippen LogP contribution is -2.12. The number of hydrogen-bond acceptors (Lipinski definition) is 5. The first-order valence-electron chi connectivity index (χ1n) is 6.63. The number of amides is 1. The van der Waals surface area contributed by atoms with Crippen LogP contribution in [0, 0.1) is 6.92 Å². The predicted molar refractivity (Wildman–Crippen MR) is 91.1 cm³/mol. The number of rotatable bonds is 4. The summed E-state index contributed by atoms with van der Waals surface area (Å²) in [4.78, 5) is 19.0. The van der Waals surface area contributed by atoms with Crippen molar-refractivity contribution < 1.29 is 9.53 Å². The van der Waals surface area contributed by atoms with Crippen LogP contribution in [0.5, 0.6) is 5.75 Å². The number of hydrogen-bond donors (Lipinski definition) is 1. The number of carbonyl (C=O) groups excluding carboxylic acids is 1. The number of aryl methyl sites for hydroxylation is 1. The number of thiophene rings is 1. The molecule has 0 radical (unpaired) electrons. The van der Waals surface area contributed by atoms with Gasteiger partial charge in [-0.3, -0.25) is 4.79 Å². The molecule has 0 saturated heterocycles. The number of benzene rings is 1. The summed E-state index contributed by atoms with van der Waals surface area (Å²) in [5.41, 5.74) is 1.15. The lowest BCUT2D eigenvalue weighted by molar-refractivity contribution is 0.102. The standard InChI is InChI=1S/C16H14N2O2S2/c1-10-3-8-14(22-10)16-18-13(9-21-16)15(19)17-11-4-6-12(20-2)7-5-11/h3-9H,1-2H3,(H,17,19). The van der Waals surface area contributed by atoms with E-state index in [1.807, 2.05) is 6.07 Å². The fourth-order valence-electron chi connectivity index (χ4n) is 1.91. The van der Waals surface area contributed by atoms with Crippen LogP contribution in [0.1, 0.15) is 15.4 Å². The molecule has 0 saturated carbocycles. The highest BCUT2D eigenvalue weighted by Gasteiger charge is 2.13. The van der Waals surface area contributed by atoms with Crippen LogP contribution >= 0.6 is 22.7 Å². The van der Waals surface area contributed by atoms with Crippen LogP contribution in [0.4, 0.5) is 5.69 Å². The zero-order valence-electron chi connectivity index (χ0n) is 12.1. The molecule has 3 rings (SSSR count). The van der Waals surface area contributed by atoms with Gasteiger partial charge in [-0.25, -0.2) is 4.98 Å². The van der Waals surface area contributed by atoms with E-state index in [0.717, 1.165) is 15.6 Å². The quantitative estimate of drug-likeness (QED) is 0.769. The van der Waals surface area contributed by atoms with Gasteiger partial charge in [0, 0.05) is 15.9 Å². The van der Waals surface area contributed by atoms with Crippen LogP contribution in [0.3, 0.4) is 0 Å². The van der Waals surface area contributed by atoms with Gasteiger partial charge in [-0.2, -0.15) is 0 Å². The Labute approximate surface area is 136 Å². The van der Waals surface area contributed by atoms with Crippen molar-refractivity contribution in [3.05, 3.63) is 52.3 Å². The molecule has 3 aromatic rings. The molecule has 0 spiro atoms. The van der Waals surface area contributed by atoms with Crippen molar-refractivity contribution >= 4 is 34.3 Å². The second kappa shape index (κ2) is 6.29. The second-order valence-electron chi connectivity index (χ2n) is 4.63. The van der Waals surface area contributed by atoms with Crippen molar-refractivity contribution in [3.63, 3.8) is 0 Å². The summed E-state index contributed by atoms with van der Waals surface area (Å²) < 4.78 is 5.09. The zero-order valence-corrected chi connectivity index (χ0v) is 13.8. The number of nitrogens with zero attached hydrogens (tertiary/aromatic N) is 1. The van der Waals surface area contributed by atoms with Gasteiger partial charge in [0.25, 0.3) is 5.91 Å². The molecule has 0 bridgehead atoms. The SMILES string of the molecule is COc1ccc(NC(=O)c2csc(-c3ccc(C)s3)n2)cc1. The number of anilines is 1. The highest BCUT2D eigenvalue weighted by Crippen LogP contribution is 2.30. The second-order valence-corrected chi connectivity index (χ2v) is 6.78. The molecule has 1 amide bonds. The Morgan fingerprint density at radius 2 is 1.95 bits per heavy atom. The number of ether oxygens (including phenoxy) is 1. The van der Waals surface area contributed by atoms with Gasteiger partial charge in [-0.05, 0) is 43.3 Å². The average molecular weight is 330 g/mol. The molecule has 0 fully saturated rings. The van der Waals surface area contributed by atoms with Crippen molar-refractivity contribution in [3.8, 4) is 15.6 Å². The van der Waals surface area contributed by atoms with Gasteiger partial charge in [0.1, 0.15) is 16.5 Å². The van der Waals surface area contributed by atoms with Crippen LogP contribution in [0.2, 0.25) is 0 Å². The summed E-state index contributed by atoms with van der Waals surface area (Å²) >= 11 is 3.16. The molecule has 0 aliphatic carbocycles. The normalized spacial score (nSPS) is 10.5. The minimum Gasteiger partial charge on any atom is -0.497 e. The van der Waals surface area contributed by atoms with E-state index >= 15 is 0 Å². The predicted octanol–water partition coefficient (Wildman–Crippen LogP) is 4.44. The zero-order chi connectivity index (χ0) is 15.5. The minimum absolute atomic E-state index is 0.207. The van der Waals surface area contributed by atoms with Gasteiger partial charge in [-0.1, -0.05) is 0 Å². The van der Waals surface area contributed by atoms with E-state index in [0.29, 0.717) is 11.4 Å². The third-order valence-corrected chi connectivity index (χ3v) is 5.05. The first kappa shape index (κ1) is 14.7. The third-order valence-electron chi connectivity index (χ3n) is 3.04. The lowest BCUT2D eigenvalue weighted by atomic mass is 10.3. The smallest absolute Gasteiger partial charge is 0.275 e. The molecular weight excluding hydrogens is 316 g/mol. The Bertz CT molecular complexity index is 791. The van der Waals surface area contributed by atoms with Crippen molar-refractivity contribution in [2.45, 2.75) is 6.92 Å². The average Bonchev–Trinajstić information content (AvgIpc) is 3.16. The molecule has 1 aromatic carbocycles. The summed E-state index contributed by atoms with van der Waals surface area (Å²) in [6.07, 6.45) is 0. The van der Waals surface area contributed by atoms with Crippen molar-refractivity contribution in [2.24, 2.45) is 0 Å². The van der Waals surface area contributed by atoms with E-state index in [2.05, 4.69) is 23.3 Å². The fraction of sp³-hybridized carbons (Fsp3) is 0.125.